The molecule has 6 heteroatoms. The maximum Gasteiger partial charge on any atom is 0.304 e. The van der Waals surface area contributed by atoms with Crippen molar-refractivity contribution < 1.29 is 28.2 Å². The van der Waals surface area contributed by atoms with E-state index in [4.69, 9.17) is 9.47 Å². The first kappa shape index (κ1) is 27.2. The van der Waals surface area contributed by atoms with E-state index in [1.54, 1.807) is 6.07 Å². The van der Waals surface area contributed by atoms with Crippen molar-refractivity contribution in [3.05, 3.63) is 82.4 Å². The molecule has 0 amide bonds. The average molecular weight is 535 g/mol. The number of hydrogen-bond acceptors (Lipinski definition) is 3. The minimum atomic E-state index is -0.818. The first-order chi connectivity index (χ1) is 18.5. The summed E-state index contributed by atoms with van der Waals surface area (Å²) in [5.74, 6) is -0.617. The normalized spacial score (nSPS) is 21.5. The number of hydrogen-bond donors (Lipinski definition) is 1. The lowest BCUT2D eigenvalue weighted by atomic mass is 9.75. The Hall–Kier alpha value is -3.41. The molecule has 0 bridgehead atoms. The van der Waals surface area contributed by atoms with Gasteiger partial charge < -0.3 is 14.6 Å². The molecule has 206 valence electrons. The lowest BCUT2D eigenvalue weighted by molar-refractivity contribution is -0.138. The van der Waals surface area contributed by atoms with Gasteiger partial charge in [0, 0.05) is 16.5 Å². The standard InChI is InChI=1S/C33H36F2O4/c1-32(2)12-5-6-26(32)24-14-20(15-29(35)31(24)25-16-22(38-4)9-10-28(25)34)19-39-23-8-7-21-11-13-33(3,18-30(36)37)27(21)17-23/h7-10,14-17,26H,5-6,11-13,18-19H2,1-4H3,(H,36,37)/t26?,33-/m1/s1. The molecule has 3 aromatic rings. The fourth-order valence-electron chi connectivity index (χ4n) is 6.71. The van der Waals surface area contributed by atoms with Gasteiger partial charge in [0.2, 0.25) is 0 Å². The van der Waals surface area contributed by atoms with Gasteiger partial charge in [-0.1, -0.05) is 39.3 Å². The number of carboxylic acid groups (broad SMARTS) is 1. The summed E-state index contributed by atoms with van der Waals surface area (Å²) in [6.07, 6.45) is 4.65. The van der Waals surface area contributed by atoms with Gasteiger partial charge in [-0.15, -0.1) is 0 Å². The topological polar surface area (TPSA) is 55.8 Å². The van der Waals surface area contributed by atoms with Crippen LogP contribution in [0, 0.1) is 17.0 Å². The zero-order valence-electron chi connectivity index (χ0n) is 23.1. The van der Waals surface area contributed by atoms with E-state index in [9.17, 15) is 9.90 Å². The van der Waals surface area contributed by atoms with Crippen molar-refractivity contribution in [1.82, 2.24) is 0 Å². The van der Waals surface area contributed by atoms with Gasteiger partial charge in [-0.3, -0.25) is 4.79 Å². The quantitative estimate of drug-likeness (QED) is 0.317. The molecule has 5 rings (SSSR count). The zero-order valence-corrected chi connectivity index (χ0v) is 23.1. The molecule has 1 N–H and O–H groups in total. The van der Waals surface area contributed by atoms with Crippen molar-refractivity contribution >= 4 is 5.97 Å². The molecule has 0 aromatic heterocycles. The summed E-state index contributed by atoms with van der Waals surface area (Å²) in [5, 5.41) is 9.42. The van der Waals surface area contributed by atoms with Crippen LogP contribution in [-0.2, 0) is 23.2 Å². The summed E-state index contributed by atoms with van der Waals surface area (Å²) < 4.78 is 42.4. The van der Waals surface area contributed by atoms with Gasteiger partial charge in [-0.2, -0.15) is 0 Å². The van der Waals surface area contributed by atoms with Crippen LogP contribution in [0.25, 0.3) is 11.1 Å². The van der Waals surface area contributed by atoms with E-state index in [1.807, 2.05) is 31.2 Å². The molecule has 1 saturated carbocycles. The smallest absolute Gasteiger partial charge is 0.304 e. The summed E-state index contributed by atoms with van der Waals surface area (Å²) >= 11 is 0. The molecule has 1 fully saturated rings. The van der Waals surface area contributed by atoms with E-state index < -0.39 is 23.0 Å². The van der Waals surface area contributed by atoms with Gasteiger partial charge in [-0.05, 0) is 95.7 Å². The van der Waals surface area contributed by atoms with E-state index in [0.29, 0.717) is 17.1 Å². The highest BCUT2D eigenvalue weighted by molar-refractivity contribution is 5.72. The Kier molecular flexibility index (Phi) is 7.17. The molecule has 4 nitrogen and oxygen atoms in total. The van der Waals surface area contributed by atoms with Crippen LogP contribution in [0.1, 0.15) is 81.0 Å². The molecule has 1 unspecified atom stereocenters. The van der Waals surface area contributed by atoms with Gasteiger partial charge in [0.25, 0.3) is 0 Å². The first-order valence-electron chi connectivity index (χ1n) is 13.6. The highest BCUT2D eigenvalue weighted by Crippen LogP contribution is 2.52. The van der Waals surface area contributed by atoms with E-state index in [0.717, 1.165) is 48.8 Å². The van der Waals surface area contributed by atoms with Crippen LogP contribution in [0.5, 0.6) is 11.5 Å². The molecular formula is C33H36F2O4. The molecule has 0 spiro atoms. The highest BCUT2D eigenvalue weighted by Gasteiger charge is 2.38. The van der Waals surface area contributed by atoms with Crippen molar-refractivity contribution in [3.8, 4) is 22.6 Å². The number of halogens is 2. The van der Waals surface area contributed by atoms with Gasteiger partial charge in [0.1, 0.15) is 29.7 Å². The summed E-state index contributed by atoms with van der Waals surface area (Å²) in [5.41, 5.74) is 3.63. The molecule has 0 heterocycles. The number of aliphatic carboxylic acids is 1. The fraction of sp³-hybridized carbons (Fsp3) is 0.424. The number of aryl methyl sites for hydroxylation is 1. The molecule has 39 heavy (non-hydrogen) atoms. The Morgan fingerprint density at radius 2 is 1.77 bits per heavy atom. The molecule has 0 saturated heterocycles. The molecule has 0 aliphatic heterocycles. The second kappa shape index (κ2) is 10.3. The van der Waals surface area contributed by atoms with Crippen molar-refractivity contribution in [2.45, 2.75) is 77.2 Å². The molecule has 2 atom stereocenters. The number of rotatable bonds is 8. The second-order valence-electron chi connectivity index (χ2n) is 12.1. The van der Waals surface area contributed by atoms with Crippen molar-refractivity contribution in [2.24, 2.45) is 5.41 Å². The van der Waals surface area contributed by atoms with E-state index in [1.165, 1.54) is 25.3 Å². The Labute approximate surface area is 229 Å². The fourth-order valence-corrected chi connectivity index (χ4v) is 6.71. The van der Waals surface area contributed by atoms with Crippen LogP contribution in [0.2, 0.25) is 0 Å². The molecule has 0 radical (unpaired) electrons. The SMILES string of the molecule is COc1ccc(F)c(-c2c(F)cc(COc3ccc4c(c3)[C@@](C)(CC(=O)O)CC4)cc2C2CCCC2(C)C)c1. The van der Waals surface area contributed by atoms with Gasteiger partial charge in [-0.25, -0.2) is 8.78 Å². The number of carboxylic acids is 1. The molecule has 2 aliphatic rings. The summed E-state index contributed by atoms with van der Waals surface area (Å²) in [7, 11) is 1.51. The predicted molar refractivity (Wildman–Crippen MR) is 147 cm³/mol. The largest absolute Gasteiger partial charge is 0.497 e. The average Bonchev–Trinajstić information content (AvgIpc) is 3.40. The predicted octanol–water partition coefficient (Wildman–Crippen LogP) is 8.19. The van der Waals surface area contributed by atoms with Crippen LogP contribution in [0.4, 0.5) is 8.78 Å². The van der Waals surface area contributed by atoms with Crippen LogP contribution in [-0.4, -0.2) is 18.2 Å². The van der Waals surface area contributed by atoms with Crippen molar-refractivity contribution in [2.75, 3.05) is 7.11 Å². The number of ether oxygens (including phenoxy) is 2. The van der Waals surface area contributed by atoms with Crippen molar-refractivity contribution in [1.29, 1.82) is 0 Å². The van der Waals surface area contributed by atoms with E-state index in [-0.39, 0.29) is 35.5 Å². The van der Waals surface area contributed by atoms with Crippen LogP contribution < -0.4 is 9.47 Å². The monoisotopic (exact) mass is 534 g/mol. The van der Waals surface area contributed by atoms with E-state index in [2.05, 4.69) is 13.8 Å². The van der Waals surface area contributed by atoms with Crippen LogP contribution in [0.15, 0.2) is 48.5 Å². The van der Waals surface area contributed by atoms with Gasteiger partial charge >= 0.3 is 5.97 Å². The molecule has 3 aromatic carbocycles. The number of carbonyl (C=O) groups is 1. The number of fused-ring (bicyclic) bond motifs is 1. The summed E-state index contributed by atoms with van der Waals surface area (Å²) in [6.45, 7) is 6.51. The van der Waals surface area contributed by atoms with Gasteiger partial charge in [0.15, 0.2) is 0 Å². The van der Waals surface area contributed by atoms with Crippen molar-refractivity contribution in [3.63, 3.8) is 0 Å². The Balaban J connectivity index is 1.50. The van der Waals surface area contributed by atoms with Crippen LogP contribution in [0.3, 0.4) is 0 Å². The highest BCUT2D eigenvalue weighted by atomic mass is 19.1. The summed E-state index contributed by atoms with van der Waals surface area (Å²) in [4.78, 5) is 11.5. The Bertz CT molecular complexity index is 1410. The molecular weight excluding hydrogens is 498 g/mol. The zero-order chi connectivity index (χ0) is 27.9. The third-order valence-electron chi connectivity index (χ3n) is 8.88. The maximum atomic E-state index is 15.9. The van der Waals surface area contributed by atoms with Gasteiger partial charge in [0.05, 0.1) is 13.5 Å². The van der Waals surface area contributed by atoms with Crippen LogP contribution >= 0.6 is 0 Å². The number of benzene rings is 3. The minimum absolute atomic E-state index is 0.0510. The third-order valence-corrected chi connectivity index (χ3v) is 8.88. The Morgan fingerprint density at radius 3 is 2.46 bits per heavy atom. The lowest BCUT2D eigenvalue weighted by Gasteiger charge is -2.30. The third kappa shape index (κ3) is 5.26. The maximum absolute atomic E-state index is 15.9. The molecule has 2 aliphatic carbocycles. The Morgan fingerprint density at radius 1 is 1.00 bits per heavy atom. The minimum Gasteiger partial charge on any atom is -0.497 e. The lowest BCUT2D eigenvalue weighted by Crippen LogP contribution is -2.22. The first-order valence-corrected chi connectivity index (χ1v) is 13.6. The van der Waals surface area contributed by atoms with E-state index >= 15 is 8.78 Å². The second-order valence-corrected chi connectivity index (χ2v) is 12.1. The number of methoxy groups -OCH3 is 1. The summed E-state index contributed by atoms with van der Waals surface area (Å²) in [6, 6.07) is 13.6.